The minimum absolute atomic E-state index is 0.0193. The molecule has 2 N–H and O–H groups in total. The standard InChI is InChI=1S/C15H19NO4S/c1-19-12(17)8-15(6-7-15)9-21-11-5-3-4-10(13(11)16)14(18)20-2/h3-5H,6-9,16H2,1-2H3. The Morgan fingerprint density at radius 2 is 2.00 bits per heavy atom. The molecule has 0 amide bonds. The van der Waals surface area contributed by atoms with Crippen molar-refractivity contribution in [2.45, 2.75) is 24.2 Å². The van der Waals surface area contributed by atoms with Crippen LogP contribution >= 0.6 is 11.8 Å². The molecule has 2 rings (SSSR count). The minimum atomic E-state index is -0.439. The van der Waals surface area contributed by atoms with Crippen LogP contribution in [0.1, 0.15) is 29.6 Å². The third-order valence-corrected chi connectivity index (χ3v) is 5.13. The second-order valence-corrected chi connectivity index (χ2v) is 6.27. The fraction of sp³-hybridized carbons (Fsp3) is 0.467. The van der Waals surface area contributed by atoms with E-state index in [4.69, 9.17) is 15.2 Å². The highest BCUT2D eigenvalue weighted by Crippen LogP contribution is 2.52. The van der Waals surface area contributed by atoms with Crippen molar-refractivity contribution in [2.24, 2.45) is 5.41 Å². The van der Waals surface area contributed by atoms with Crippen LogP contribution in [-0.2, 0) is 14.3 Å². The van der Waals surface area contributed by atoms with Crippen LogP contribution in [0.25, 0.3) is 0 Å². The molecule has 114 valence electrons. The summed E-state index contributed by atoms with van der Waals surface area (Å²) >= 11 is 1.57. The Bertz CT molecular complexity index is 555. The number of rotatable bonds is 6. The zero-order valence-corrected chi connectivity index (χ0v) is 13.0. The van der Waals surface area contributed by atoms with Gasteiger partial charge in [0.2, 0.25) is 0 Å². The van der Waals surface area contributed by atoms with Gasteiger partial charge in [0.25, 0.3) is 0 Å². The largest absolute Gasteiger partial charge is 0.469 e. The molecule has 5 nitrogen and oxygen atoms in total. The van der Waals surface area contributed by atoms with E-state index in [-0.39, 0.29) is 11.4 Å². The topological polar surface area (TPSA) is 78.6 Å². The molecular formula is C15H19NO4S. The van der Waals surface area contributed by atoms with Gasteiger partial charge in [-0.15, -0.1) is 11.8 Å². The van der Waals surface area contributed by atoms with Crippen molar-refractivity contribution in [2.75, 3.05) is 25.7 Å². The van der Waals surface area contributed by atoms with Crippen LogP contribution in [0, 0.1) is 5.41 Å². The van der Waals surface area contributed by atoms with Crippen LogP contribution in [0.3, 0.4) is 0 Å². The van der Waals surface area contributed by atoms with E-state index in [1.165, 1.54) is 14.2 Å². The summed E-state index contributed by atoms with van der Waals surface area (Å²) in [5.74, 6) is 0.173. The summed E-state index contributed by atoms with van der Waals surface area (Å²) in [5.41, 5.74) is 6.85. The third kappa shape index (κ3) is 3.69. The molecule has 0 saturated heterocycles. The number of esters is 2. The molecule has 1 aromatic rings. The summed E-state index contributed by atoms with van der Waals surface area (Å²) in [5, 5.41) is 0. The molecule has 0 spiro atoms. The molecule has 0 aliphatic heterocycles. The summed E-state index contributed by atoms with van der Waals surface area (Å²) < 4.78 is 9.44. The number of carbonyl (C=O) groups excluding carboxylic acids is 2. The van der Waals surface area contributed by atoms with Crippen molar-refractivity contribution in [3.05, 3.63) is 23.8 Å². The molecule has 0 heterocycles. The highest BCUT2D eigenvalue weighted by molar-refractivity contribution is 7.99. The summed E-state index contributed by atoms with van der Waals surface area (Å²) in [7, 11) is 2.74. The van der Waals surface area contributed by atoms with Crippen molar-refractivity contribution >= 4 is 29.4 Å². The Morgan fingerprint density at radius 3 is 2.57 bits per heavy atom. The van der Waals surface area contributed by atoms with Gasteiger partial charge in [-0.2, -0.15) is 0 Å². The van der Waals surface area contributed by atoms with Crippen LogP contribution in [0.15, 0.2) is 23.1 Å². The first-order valence-electron chi connectivity index (χ1n) is 6.68. The number of methoxy groups -OCH3 is 2. The maximum Gasteiger partial charge on any atom is 0.339 e. The van der Waals surface area contributed by atoms with Crippen molar-refractivity contribution in [1.82, 2.24) is 0 Å². The van der Waals surface area contributed by atoms with E-state index in [9.17, 15) is 9.59 Å². The highest BCUT2D eigenvalue weighted by atomic mass is 32.2. The van der Waals surface area contributed by atoms with Crippen LogP contribution in [-0.4, -0.2) is 31.9 Å². The number of para-hydroxylation sites is 1. The van der Waals surface area contributed by atoms with E-state index in [1.54, 1.807) is 23.9 Å². The predicted molar refractivity (Wildman–Crippen MR) is 81.2 cm³/mol. The van der Waals surface area contributed by atoms with Gasteiger partial charge in [0.05, 0.1) is 31.9 Å². The van der Waals surface area contributed by atoms with Gasteiger partial charge in [-0.3, -0.25) is 4.79 Å². The number of anilines is 1. The Morgan fingerprint density at radius 1 is 1.29 bits per heavy atom. The van der Waals surface area contributed by atoms with Gasteiger partial charge in [-0.25, -0.2) is 4.79 Å². The molecule has 1 aliphatic rings. The van der Waals surface area contributed by atoms with Crippen molar-refractivity contribution < 1.29 is 19.1 Å². The maximum absolute atomic E-state index is 11.6. The molecule has 6 heteroatoms. The molecule has 0 unspecified atom stereocenters. The van der Waals surface area contributed by atoms with Gasteiger partial charge in [0.15, 0.2) is 0 Å². The molecule has 21 heavy (non-hydrogen) atoms. The summed E-state index contributed by atoms with van der Waals surface area (Å²) in [6.45, 7) is 0. The average molecular weight is 309 g/mol. The van der Waals surface area contributed by atoms with E-state index in [0.29, 0.717) is 17.7 Å². The quantitative estimate of drug-likeness (QED) is 0.494. The summed E-state index contributed by atoms with van der Waals surface area (Å²) in [6.07, 6.45) is 2.48. The second-order valence-electron chi connectivity index (χ2n) is 5.25. The van der Waals surface area contributed by atoms with Crippen molar-refractivity contribution in [1.29, 1.82) is 0 Å². The van der Waals surface area contributed by atoms with E-state index in [0.717, 1.165) is 23.5 Å². The fourth-order valence-electron chi connectivity index (χ4n) is 2.12. The number of benzene rings is 1. The molecule has 0 radical (unpaired) electrons. The van der Waals surface area contributed by atoms with Gasteiger partial charge < -0.3 is 15.2 Å². The molecular weight excluding hydrogens is 290 g/mol. The van der Waals surface area contributed by atoms with Gasteiger partial charge in [-0.05, 0) is 30.4 Å². The number of nitrogens with two attached hydrogens (primary N) is 1. The lowest BCUT2D eigenvalue weighted by Crippen LogP contribution is -2.13. The third-order valence-electron chi connectivity index (χ3n) is 3.71. The molecule has 1 fully saturated rings. The second kappa shape index (κ2) is 6.39. The highest BCUT2D eigenvalue weighted by Gasteiger charge is 2.44. The van der Waals surface area contributed by atoms with E-state index >= 15 is 0 Å². The van der Waals surface area contributed by atoms with Crippen molar-refractivity contribution in [3.63, 3.8) is 0 Å². The molecule has 0 atom stereocenters. The average Bonchev–Trinajstić information content (AvgIpc) is 3.25. The van der Waals surface area contributed by atoms with Crippen LogP contribution in [0.2, 0.25) is 0 Å². The summed E-state index contributed by atoms with van der Waals surface area (Å²) in [4.78, 5) is 23.9. The lowest BCUT2D eigenvalue weighted by atomic mass is 10.1. The number of hydrogen-bond donors (Lipinski definition) is 1. The molecule has 1 aromatic carbocycles. The number of ether oxygens (including phenoxy) is 2. The fourth-order valence-corrected chi connectivity index (χ4v) is 3.41. The minimum Gasteiger partial charge on any atom is -0.469 e. The summed E-state index contributed by atoms with van der Waals surface area (Å²) in [6, 6.07) is 5.30. The molecule has 0 bridgehead atoms. The van der Waals surface area contributed by atoms with Gasteiger partial charge >= 0.3 is 11.9 Å². The molecule has 0 aromatic heterocycles. The zero-order chi connectivity index (χ0) is 15.5. The van der Waals surface area contributed by atoms with Gasteiger partial charge in [0.1, 0.15) is 0 Å². The Balaban J connectivity index is 2.04. The Hall–Kier alpha value is -1.69. The number of hydrogen-bond acceptors (Lipinski definition) is 6. The zero-order valence-electron chi connectivity index (χ0n) is 12.2. The Labute approximate surface area is 128 Å². The predicted octanol–water partition coefficient (Wildman–Crippen LogP) is 2.49. The first-order valence-corrected chi connectivity index (χ1v) is 7.66. The van der Waals surface area contributed by atoms with E-state index in [1.807, 2.05) is 6.07 Å². The van der Waals surface area contributed by atoms with Crippen LogP contribution in [0.5, 0.6) is 0 Å². The number of carbonyl (C=O) groups is 2. The first-order chi connectivity index (χ1) is 10.0. The van der Waals surface area contributed by atoms with Crippen molar-refractivity contribution in [3.8, 4) is 0 Å². The van der Waals surface area contributed by atoms with Crippen LogP contribution < -0.4 is 5.73 Å². The van der Waals surface area contributed by atoms with Gasteiger partial charge in [0, 0.05) is 10.6 Å². The lowest BCUT2D eigenvalue weighted by Gasteiger charge is -2.15. The maximum atomic E-state index is 11.6. The molecule has 1 aliphatic carbocycles. The normalized spacial score (nSPS) is 15.3. The first kappa shape index (κ1) is 15.7. The van der Waals surface area contributed by atoms with E-state index < -0.39 is 5.97 Å². The SMILES string of the molecule is COC(=O)CC1(CSc2cccc(C(=O)OC)c2N)CC1. The number of nitrogen functional groups attached to an aromatic ring is 1. The van der Waals surface area contributed by atoms with Crippen LogP contribution in [0.4, 0.5) is 5.69 Å². The smallest absolute Gasteiger partial charge is 0.339 e. The van der Waals surface area contributed by atoms with Gasteiger partial charge in [-0.1, -0.05) is 6.07 Å². The Kier molecular flexibility index (Phi) is 4.77. The lowest BCUT2D eigenvalue weighted by molar-refractivity contribution is -0.141. The monoisotopic (exact) mass is 309 g/mol. The van der Waals surface area contributed by atoms with E-state index in [2.05, 4.69) is 0 Å². The molecule has 1 saturated carbocycles. The number of thioether (sulfide) groups is 1.